The number of hydrogen-bond donors (Lipinski definition) is 0. The van der Waals surface area contributed by atoms with Gasteiger partial charge in [-0.25, -0.2) is 0 Å². The van der Waals surface area contributed by atoms with Crippen molar-refractivity contribution in [1.82, 2.24) is 0 Å². The second-order valence-corrected chi connectivity index (χ2v) is 2.62. The summed E-state index contributed by atoms with van der Waals surface area (Å²) >= 11 is 0. The standard InChI is InChI=1S/C10H12F2O2/c1-2-13-7-8-5-3-4-6-9(8)14-10(11)12/h3-6,10H,2,7H2,1H3. The summed E-state index contributed by atoms with van der Waals surface area (Å²) in [6.07, 6.45) is 0. The van der Waals surface area contributed by atoms with Crippen LogP contribution in [0.4, 0.5) is 8.78 Å². The van der Waals surface area contributed by atoms with Crippen molar-refractivity contribution in [2.24, 2.45) is 0 Å². The molecule has 0 aromatic heterocycles. The van der Waals surface area contributed by atoms with Crippen molar-refractivity contribution in [2.45, 2.75) is 20.1 Å². The number of rotatable bonds is 5. The van der Waals surface area contributed by atoms with E-state index in [1.165, 1.54) is 6.07 Å². The van der Waals surface area contributed by atoms with Crippen molar-refractivity contribution in [2.75, 3.05) is 6.61 Å². The van der Waals surface area contributed by atoms with Gasteiger partial charge < -0.3 is 9.47 Å². The molecule has 0 spiro atoms. The second-order valence-electron chi connectivity index (χ2n) is 2.62. The predicted molar refractivity (Wildman–Crippen MR) is 48.4 cm³/mol. The van der Waals surface area contributed by atoms with Crippen LogP contribution >= 0.6 is 0 Å². The van der Waals surface area contributed by atoms with Gasteiger partial charge in [-0.2, -0.15) is 8.78 Å². The highest BCUT2D eigenvalue weighted by molar-refractivity contribution is 5.32. The molecule has 0 saturated heterocycles. The molecule has 78 valence electrons. The molecule has 0 amide bonds. The largest absolute Gasteiger partial charge is 0.434 e. The maximum absolute atomic E-state index is 12.0. The minimum atomic E-state index is -2.79. The van der Waals surface area contributed by atoms with Crippen molar-refractivity contribution < 1.29 is 18.3 Å². The summed E-state index contributed by atoms with van der Waals surface area (Å²) in [5.41, 5.74) is 0.634. The SMILES string of the molecule is CCOCc1ccccc1OC(F)F. The Morgan fingerprint density at radius 1 is 1.29 bits per heavy atom. The molecular weight excluding hydrogens is 190 g/mol. The van der Waals surface area contributed by atoms with E-state index in [1.807, 2.05) is 6.92 Å². The van der Waals surface area contributed by atoms with Crippen LogP contribution in [0, 0.1) is 0 Å². The van der Waals surface area contributed by atoms with Gasteiger partial charge in [-0.05, 0) is 13.0 Å². The molecule has 0 aliphatic rings. The molecule has 0 unspecified atom stereocenters. The minimum Gasteiger partial charge on any atom is -0.434 e. The molecule has 1 rings (SSSR count). The average Bonchev–Trinajstić information content (AvgIpc) is 2.16. The number of hydrogen-bond acceptors (Lipinski definition) is 2. The third-order valence-electron chi connectivity index (χ3n) is 1.65. The van der Waals surface area contributed by atoms with Crippen LogP contribution in [0.25, 0.3) is 0 Å². The molecule has 0 saturated carbocycles. The molecule has 1 aromatic rings. The molecule has 0 N–H and O–H groups in total. The Bertz CT molecular complexity index is 277. The summed E-state index contributed by atoms with van der Waals surface area (Å²) in [6.45, 7) is -0.114. The van der Waals surface area contributed by atoms with Crippen molar-refractivity contribution >= 4 is 0 Å². The lowest BCUT2D eigenvalue weighted by molar-refractivity contribution is -0.0513. The van der Waals surface area contributed by atoms with E-state index in [0.29, 0.717) is 18.8 Å². The molecule has 0 aliphatic heterocycles. The Morgan fingerprint density at radius 2 is 2.00 bits per heavy atom. The number of para-hydroxylation sites is 1. The van der Waals surface area contributed by atoms with E-state index in [4.69, 9.17) is 4.74 Å². The summed E-state index contributed by atoms with van der Waals surface area (Å²) < 4.78 is 33.4. The molecule has 2 nitrogen and oxygen atoms in total. The van der Waals surface area contributed by atoms with E-state index >= 15 is 0 Å². The fourth-order valence-corrected chi connectivity index (χ4v) is 1.05. The second kappa shape index (κ2) is 5.54. The van der Waals surface area contributed by atoms with Crippen molar-refractivity contribution in [3.8, 4) is 5.75 Å². The lowest BCUT2D eigenvalue weighted by Crippen LogP contribution is -2.05. The summed E-state index contributed by atoms with van der Waals surface area (Å²) in [4.78, 5) is 0. The quantitative estimate of drug-likeness (QED) is 0.730. The molecule has 0 atom stereocenters. The Hall–Kier alpha value is -1.16. The first-order valence-electron chi connectivity index (χ1n) is 4.34. The molecular formula is C10H12F2O2. The lowest BCUT2D eigenvalue weighted by atomic mass is 10.2. The van der Waals surface area contributed by atoms with Gasteiger partial charge in [-0.15, -0.1) is 0 Å². The maximum Gasteiger partial charge on any atom is 0.387 e. The van der Waals surface area contributed by atoms with Crippen molar-refractivity contribution in [1.29, 1.82) is 0 Å². The number of halogens is 2. The highest BCUT2D eigenvalue weighted by Crippen LogP contribution is 2.20. The normalized spacial score (nSPS) is 10.6. The highest BCUT2D eigenvalue weighted by Gasteiger charge is 2.08. The number of ether oxygens (including phenoxy) is 2. The molecule has 4 heteroatoms. The zero-order chi connectivity index (χ0) is 10.4. The Balaban J connectivity index is 2.69. The van der Waals surface area contributed by atoms with Crippen molar-refractivity contribution in [3.63, 3.8) is 0 Å². The summed E-state index contributed by atoms with van der Waals surface area (Å²) in [6, 6.07) is 6.60. The van der Waals surface area contributed by atoms with Gasteiger partial charge >= 0.3 is 6.61 Å². The zero-order valence-corrected chi connectivity index (χ0v) is 7.87. The van der Waals surface area contributed by atoms with Crippen LogP contribution in [0.5, 0.6) is 5.75 Å². The van der Waals surface area contributed by atoms with Gasteiger partial charge in [-0.1, -0.05) is 18.2 Å². The van der Waals surface area contributed by atoms with Gasteiger partial charge in [0, 0.05) is 12.2 Å². The van der Waals surface area contributed by atoms with Gasteiger partial charge in [0.25, 0.3) is 0 Å². The van der Waals surface area contributed by atoms with E-state index in [1.54, 1.807) is 18.2 Å². The van der Waals surface area contributed by atoms with Gasteiger partial charge in [0.1, 0.15) is 5.75 Å². The fourth-order valence-electron chi connectivity index (χ4n) is 1.05. The first-order valence-corrected chi connectivity index (χ1v) is 4.34. The molecule has 1 aromatic carbocycles. The molecule has 0 bridgehead atoms. The third kappa shape index (κ3) is 3.30. The number of benzene rings is 1. The number of alkyl halides is 2. The summed E-state index contributed by atoms with van der Waals surface area (Å²) in [5.74, 6) is 0.177. The van der Waals surface area contributed by atoms with Crippen LogP contribution in [-0.2, 0) is 11.3 Å². The summed E-state index contributed by atoms with van der Waals surface area (Å²) in [7, 11) is 0. The monoisotopic (exact) mass is 202 g/mol. The van der Waals surface area contributed by atoms with Crippen LogP contribution in [0.2, 0.25) is 0 Å². The van der Waals surface area contributed by atoms with E-state index in [9.17, 15) is 8.78 Å². The van der Waals surface area contributed by atoms with Crippen LogP contribution in [-0.4, -0.2) is 13.2 Å². The predicted octanol–water partition coefficient (Wildman–Crippen LogP) is 2.82. The zero-order valence-electron chi connectivity index (χ0n) is 7.87. The average molecular weight is 202 g/mol. The molecule has 0 radical (unpaired) electrons. The molecule has 0 aliphatic carbocycles. The van der Waals surface area contributed by atoms with E-state index < -0.39 is 6.61 Å². The summed E-state index contributed by atoms with van der Waals surface area (Å²) in [5, 5.41) is 0. The Morgan fingerprint density at radius 3 is 2.64 bits per heavy atom. The molecule has 14 heavy (non-hydrogen) atoms. The Kier molecular flexibility index (Phi) is 4.32. The third-order valence-corrected chi connectivity index (χ3v) is 1.65. The molecule has 0 fully saturated rings. The van der Waals surface area contributed by atoms with E-state index in [0.717, 1.165) is 0 Å². The minimum absolute atomic E-state index is 0.177. The first-order chi connectivity index (χ1) is 6.74. The van der Waals surface area contributed by atoms with Gasteiger partial charge in [0.2, 0.25) is 0 Å². The van der Waals surface area contributed by atoms with Crippen LogP contribution in [0.1, 0.15) is 12.5 Å². The van der Waals surface area contributed by atoms with E-state index in [2.05, 4.69) is 4.74 Å². The van der Waals surface area contributed by atoms with Crippen LogP contribution in [0.3, 0.4) is 0 Å². The Labute approximate surface area is 81.4 Å². The molecule has 0 heterocycles. The van der Waals surface area contributed by atoms with Crippen LogP contribution < -0.4 is 4.74 Å². The topological polar surface area (TPSA) is 18.5 Å². The van der Waals surface area contributed by atoms with Gasteiger partial charge in [0.05, 0.1) is 6.61 Å². The van der Waals surface area contributed by atoms with Crippen LogP contribution in [0.15, 0.2) is 24.3 Å². The van der Waals surface area contributed by atoms with Gasteiger partial charge in [-0.3, -0.25) is 0 Å². The van der Waals surface area contributed by atoms with E-state index in [-0.39, 0.29) is 5.75 Å². The maximum atomic E-state index is 12.0. The van der Waals surface area contributed by atoms with Crippen molar-refractivity contribution in [3.05, 3.63) is 29.8 Å². The lowest BCUT2D eigenvalue weighted by Gasteiger charge is -2.09. The highest BCUT2D eigenvalue weighted by atomic mass is 19.3. The smallest absolute Gasteiger partial charge is 0.387 e. The first kappa shape index (κ1) is 10.9. The fraction of sp³-hybridized carbons (Fsp3) is 0.400. The van der Waals surface area contributed by atoms with Gasteiger partial charge in [0.15, 0.2) is 0 Å².